The molecular formula is C16H14ClN3O3S. The van der Waals surface area contributed by atoms with Crippen LogP contribution in [0.25, 0.3) is 11.4 Å². The molecule has 0 aliphatic heterocycles. The van der Waals surface area contributed by atoms with E-state index in [-0.39, 0.29) is 10.8 Å². The van der Waals surface area contributed by atoms with Gasteiger partial charge in [0.1, 0.15) is 0 Å². The Balaban J connectivity index is 1.79. The highest BCUT2D eigenvalue weighted by molar-refractivity contribution is 7.89. The molecule has 0 amide bonds. The van der Waals surface area contributed by atoms with Gasteiger partial charge in [0.2, 0.25) is 21.7 Å². The summed E-state index contributed by atoms with van der Waals surface area (Å²) in [6.45, 7) is 1.64. The average molecular weight is 364 g/mol. The van der Waals surface area contributed by atoms with Gasteiger partial charge in [0.25, 0.3) is 0 Å². The van der Waals surface area contributed by atoms with Crippen LogP contribution in [0.15, 0.2) is 64.0 Å². The zero-order chi connectivity index (χ0) is 17.2. The van der Waals surface area contributed by atoms with Gasteiger partial charge in [-0.2, -0.15) is 9.71 Å². The van der Waals surface area contributed by atoms with Gasteiger partial charge in [-0.15, -0.1) is 0 Å². The minimum absolute atomic E-state index is 0.175. The molecule has 0 radical (unpaired) electrons. The van der Waals surface area contributed by atoms with Crippen molar-refractivity contribution in [3.63, 3.8) is 0 Å². The first-order valence-electron chi connectivity index (χ1n) is 7.12. The van der Waals surface area contributed by atoms with Gasteiger partial charge in [0, 0.05) is 10.6 Å². The normalized spacial score (nSPS) is 12.9. The number of nitrogens with one attached hydrogen (secondary N) is 1. The number of hydrogen-bond donors (Lipinski definition) is 1. The Morgan fingerprint density at radius 2 is 1.75 bits per heavy atom. The van der Waals surface area contributed by atoms with Gasteiger partial charge < -0.3 is 4.52 Å². The van der Waals surface area contributed by atoms with Gasteiger partial charge in [0.05, 0.1) is 10.9 Å². The Bertz CT molecular complexity index is 925. The topological polar surface area (TPSA) is 85.1 Å². The molecule has 124 valence electrons. The molecule has 8 heteroatoms. The molecule has 24 heavy (non-hydrogen) atoms. The Hall–Kier alpha value is -2.22. The maximum absolute atomic E-state index is 12.3. The minimum Gasteiger partial charge on any atom is -0.337 e. The number of nitrogens with zero attached hydrogens (tertiary/aromatic N) is 2. The van der Waals surface area contributed by atoms with Crippen LogP contribution in [-0.2, 0) is 10.0 Å². The van der Waals surface area contributed by atoms with Gasteiger partial charge in [-0.1, -0.05) is 35.0 Å². The van der Waals surface area contributed by atoms with E-state index in [4.69, 9.17) is 16.1 Å². The van der Waals surface area contributed by atoms with Crippen molar-refractivity contribution in [1.29, 1.82) is 0 Å². The molecule has 1 N–H and O–H groups in total. The summed E-state index contributed by atoms with van der Waals surface area (Å²) >= 11 is 5.84. The molecule has 1 heterocycles. The van der Waals surface area contributed by atoms with Crippen molar-refractivity contribution in [2.24, 2.45) is 0 Å². The second-order valence-corrected chi connectivity index (χ2v) is 7.27. The molecule has 0 aliphatic carbocycles. The largest absolute Gasteiger partial charge is 0.337 e. The van der Waals surface area contributed by atoms with E-state index in [0.29, 0.717) is 10.8 Å². The lowest BCUT2D eigenvalue weighted by atomic mass is 10.2. The van der Waals surface area contributed by atoms with Crippen molar-refractivity contribution in [3.8, 4) is 11.4 Å². The standard InChI is InChI=1S/C16H14ClN3O3S/c1-11(20-24(21,22)14-5-3-2-4-6-14)16-18-15(19-23-16)12-7-9-13(17)10-8-12/h2-11,20H,1H3/t11-/m0/s1. The number of sulfonamides is 1. The zero-order valence-electron chi connectivity index (χ0n) is 12.7. The molecule has 0 saturated carbocycles. The Morgan fingerprint density at radius 3 is 2.42 bits per heavy atom. The zero-order valence-corrected chi connectivity index (χ0v) is 14.3. The molecule has 1 aromatic heterocycles. The van der Waals surface area contributed by atoms with Crippen molar-refractivity contribution < 1.29 is 12.9 Å². The van der Waals surface area contributed by atoms with Crippen molar-refractivity contribution >= 4 is 21.6 Å². The predicted octanol–water partition coefficient (Wildman–Crippen LogP) is 3.43. The summed E-state index contributed by atoms with van der Waals surface area (Å²) in [6.07, 6.45) is 0. The van der Waals surface area contributed by atoms with E-state index in [9.17, 15) is 8.42 Å². The summed E-state index contributed by atoms with van der Waals surface area (Å²) in [4.78, 5) is 4.42. The van der Waals surface area contributed by atoms with Crippen LogP contribution in [0.4, 0.5) is 0 Å². The van der Waals surface area contributed by atoms with E-state index < -0.39 is 16.1 Å². The van der Waals surface area contributed by atoms with Crippen LogP contribution in [-0.4, -0.2) is 18.6 Å². The average Bonchev–Trinajstić information content (AvgIpc) is 3.06. The number of hydrogen-bond acceptors (Lipinski definition) is 5. The fourth-order valence-corrected chi connectivity index (χ4v) is 3.42. The summed E-state index contributed by atoms with van der Waals surface area (Å²) in [5.74, 6) is 0.548. The molecule has 3 rings (SSSR count). The molecule has 0 unspecified atom stereocenters. The Morgan fingerprint density at radius 1 is 1.08 bits per heavy atom. The van der Waals surface area contributed by atoms with Crippen molar-refractivity contribution in [1.82, 2.24) is 14.9 Å². The van der Waals surface area contributed by atoms with Crippen LogP contribution in [0.1, 0.15) is 18.9 Å². The highest BCUT2D eigenvalue weighted by Crippen LogP contribution is 2.21. The first-order chi connectivity index (χ1) is 11.5. The maximum Gasteiger partial charge on any atom is 0.244 e. The summed E-state index contributed by atoms with van der Waals surface area (Å²) in [5.41, 5.74) is 0.729. The van der Waals surface area contributed by atoms with Crippen molar-refractivity contribution in [3.05, 3.63) is 65.5 Å². The van der Waals surface area contributed by atoms with E-state index in [1.165, 1.54) is 12.1 Å². The molecule has 0 saturated heterocycles. The second-order valence-electron chi connectivity index (χ2n) is 5.12. The van der Waals surface area contributed by atoms with E-state index >= 15 is 0 Å². The SMILES string of the molecule is C[C@H](NS(=O)(=O)c1ccccc1)c1nc(-c2ccc(Cl)cc2)no1. The minimum atomic E-state index is -3.66. The van der Waals surface area contributed by atoms with Crippen LogP contribution in [0, 0.1) is 0 Å². The fraction of sp³-hybridized carbons (Fsp3) is 0.125. The summed E-state index contributed by atoms with van der Waals surface area (Å²) in [7, 11) is -3.66. The van der Waals surface area contributed by atoms with Crippen LogP contribution in [0.3, 0.4) is 0 Å². The van der Waals surface area contributed by atoms with Gasteiger partial charge in [-0.25, -0.2) is 8.42 Å². The van der Waals surface area contributed by atoms with E-state index in [0.717, 1.165) is 5.56 Å². The van der Waals surface area contributed by atoms with Crippen LogP contribution in [0.2, 0.25) is 5.02 Å². The molecule has 0 fully saturated rings. The van der Waals surface area contributed by atoms with Crippen molar-refractivity contribution in [2.45, 2.75) is 17.9 Å². The Kier molecular flexibility index (Phi) is 4.66. The quantitative estimate of drug-likeness (QED) is 0.750. The van der Waals surface area contributed by atoms with E-state index in [1.54, 1.807) is 49.4 Å². The number of aromatic nitrogens is 2. The molecular weight excluding hydrogens is 350 g/mol. The first kappa shape index (κ1) is 16.6. The smallest absolute Gasteiger partial charge is 0.244 e. The molecule has 3 aromatic rings. The Labute approximate surface area is 144 Å². The van der Waals surface area contributed by atoms with Gasteiger partial charge in [-0.05, 0) is 43.3 Å². The van der Waals surface area contributed by atoms with E-state index in [1.807, 2.05) is 0 Å². The van der Waals surface area contributed by atoms with E-state index in [2.05, 4.69) is 14.9 Å². The molecule has 0 bridgehead atoms. The fourth-order valence-electron chi connectivity index (χ4n) is 2.08. The lowest BCUT2D eigenvalue weighted by Crippen LogP contribution is -2.27. The lowest BCUT2D eigenvalue weighted by molar-refractivity contribution is 0.354. The summed E-state index contributed by atoms with van der Waals surface area (Å²) < 4.78 is 32.3. The number of benzene rings is 2. The van der Waals surface area contributed by atoms with Gasteiger partial charge in [-0.3, -0.25) is 0 Å². The van der Waals surface area contributed by atoms with Crippen LogP contribution < -0.4 is 4.72 Å². The highest BCUT2D eigenvalue weighted by atomic mass is 35.5. The molecule has 1 atom stereocenters. The third-order valence-electron chi connectivity index (χ3n) is 3.30. The summed E-state index contributed by atoms with van der Waals surface area (Å²) in [5, 5.41) is 4.48. The number of rotatable bonds is 5. The number of halogens is 1. The van der Waals surface area contributed by atoms with Crippen LogP contribution in [0.5, 0.6) is 0 Å². The van der Waals surface area contributed by atoms with Crippen molar-refractivity contribution in [2.75, 3.05) is 0 Å². The predicted molar refractivity (Wildman–Crippen MR) is 89.9 cm³/mol. The third kappa shape index (κ3) is 3.64. The molecule has 0 aliphatic rings. The lowest BCUT2D eigenvalue weighted by Gasteiger charge is -2.10. The monoisotopic (exact) mass is 363 g/mol. The summed E-state index contributed by atoms with van der Waals surface area (Å²) in [6, 6.07) is 14.4. The van der Waals surface area contributed by atoms with Crippen LogP contribution >= 0.6 is 11.6 Å². The van der Waals surface area contributed by atoms with Gasteiger partial charge in [0.15, 0.2) is 0 Å². The molecule has 6 nitrogen and oxygen atoms in total. The first-order valence-corrected chi connectivity index (χ1v) is 8.99. The second kappa shape index (κ2) is 6.72. The molecule has 0 spiro atoms. The third-order valence-corrected chi connectivity index (χ3v) is 5.11. The van der Waals surface area contributed by atoms with Gasteiger partial charge >= 0.3 is 0 Å². The molecule has 2 aromatic carbocycles. The highest BCUT2D eigenvalue weighted by Gasteiger charge is 2.22. The maximum atomic E-state index is 12.3.